The van der Waals surface area contributed by atoms with Gasteiger partial charge < -0.3 is 29.8 Å². The van der Waals surface area contributed by atoms with Crippen molar-refractivity contribution in [3.63, 3.8) is 0 Å². The molecular formula is C30H35N11O6S. The molecule has 1 saturated heterocycles. The second-order valence-electron chi connectivity index (χ2n) is 11.8. The van der Waals surface area contributed by atoms with Crippen LogP contribution in [0.1, 0.15) is 50.0 Å². The number of morpholine rings is 1. The summed E-state index contributed by atoms with van der Waals surface area (Å²) in [5.41, 5.74) is 1.40. The van der Waals surface area contributed by atoms with Crippen molar-refractivity contribution in [2.75, 3.05) is 47.1 Å². The summed E-state index contributed by atoms with van der Waals surface area (Å²) in [6, 6.07) is 4.83. The minimum atomic E-state index is -3.90. The van der Waals surface area contributed by atoms with E-state index < -0.39 is 26.9 Å². The van der Waals surface area contributed by atoms with Crippen molar-refractivity contribution in [3.8, 4) is 11.9 Å². The number of nitrogens with one attached hydrogen (secondary N) is 1. The fourth-order valence-corrected chi connectivity index (χ4v) is 7.39. The van der Waals surface area contributed by atoms with Gasteiger partial charge in [-0.2, -0.15) is 10.2 Å². The lowest BCUT2D eigenvalue weighted by Crippen LogP contribution is -2.37. The summed E-state index contributed by atoms with van der Waals surface area (Å²) < 4.78 is 41.0. The third kappa shape index (κ3) is 6.78. The normalized spacial score (nSPS) is 19.0. The SMILES string of the molecule is CC(c1cnc([N+](=O)[O-])n1C)N(c1cnc2cc(N3CCOCC3)nc(OC3CCC(Nc4nccnc4C#N)CC3)c2c1)S(C)(=O)=O. The smallest absolute Gasteiger partial charge is 0.434 e. The average Bonchev–Trinajstić information content (AvgIpc) is 3.47. The fourth-order valence-electron chi connectivity index (χ4n) is 6.23. The summed E-state index contributed by atoms with van der Waals surface area (Å²) in [7, 11) is -2.43. The van der Waals surface area contributed by atoms with E-state index in [1.54, 1.807) is 19.2 Å². The highest BCUT2D eigenvalue weighted by molar-refractivity contribution is 7.92. The third-order valence-electron chi connectivity index (χ3n) is 8.60. The van der Waals surface area contributed by atoms with Gasteiger partial charge in [-0.1, -0.05) is 4.98 Å². The lowest BCUT2D eigenvalue weighted by Gasteiger charge is -2.31. The summed E-state index contributed by atoms with van der Waals surface area (Å²) in [4.78, 5) is 34.7. The van der Waals surface area contributed by atoms with Crippen molar-refractivity contribution in [3.05, 3.63) is 58.4 Å². The van der Waals surface area contributed by atoms with E-state index in [0.29, 0.717) is 73.3 Å². The van der Waals surface area contributed by atoms with E-state index in [1.165, 1.54) is 34.5 Å². The molecule has 0 aromatic carbocycles. The Labute approximate surface area is 276 Å². The number of aromatic nitrogens is 6. The van der Waals surface area contributed by atoms with E-state index in [1.807, 2.05) is 6.07 Å². The van der Waals surface area contributed by atoms with Crippen molar-refractivity contribution < 1.29 is 22.8 Å². The van der Waals surface area contributed by atoms with Gasteiger partial charge in [-0.05, 0) is 43.6 Å². The van der Waals surface area contributed by atoms with E-state index in [9.17, 15) is 23.8 Å². The molecule has 1 aliphatic carbocycles. The van der Waals surface area contributed by atoms with E-state index in [2.05, 4.69) is 36.2 Å². The lowest BCUT2D eigenvalue weighted by atomic mass is 9.93. The number of hydrogen-bond acceptors (Lipinski definition) is 14. The van der Waals surface area contributed by atoms with E-state index in [-0.39, 0.29) is 23.5 Å². The highest BCUT2D eigenvalue weighted by atomic mass is 32.2. The van der Waals surface area contributed by atoms with Crippen LogP contribution in [0, 0.1) is 21.4 Å². The van der Waals surface area contributed by atoms with Crippen LogP contribution in [0.5, 0.6) is 5.88 Å². The number of imidazole rings is 1. The standard InChI is InChI=1S/C30H35N11O6S/c1-19(26-18-35-30(38(26)2)41(42)43)40(48(3,44)45)21-14-23-24(34-17-21)15-27(39-10-12-46-13-11-39)37-29(23)47-22-6-4-20(5-7-22)36-28-25(16-31)32-8-9-33-28/h8-9,14-15,17-20,22H,4-7,10-13H2,1-3H3,(H,33,36). The molecule has 1 aliphatic heterocycles. The first-order valence-electron chi connectivity index (χ1n) is 15.5. The molecule has 252 valence electrons. The first-order chi connectivity index (χ1) is 23.0. The first-order valence-corrected chi connectivity index (χ1v) is 17.3. The highest BCUT2D eigenvalue weighted by Gasteiger charge is 2.33. The number of fused-ring (bicyclic) bond motifs is 1. The van der Waals surface area contributed by atoms with E-state index >= 15 is 0 Å². The van der Waals surface area contributed by atoms with Crippen LogP contribution in [0.25, 0.3) is 10.9 Å². The van der Waals surface area contributed by atoms with Gasteiger partial charge in [0.15, 0.2) is 11.5 Å². The van der Waals surface area contributed by atoms with Gasteiger partial charge in [0.05, 0.1) is 55.3 Å². The quantitative estimate of drug-likeness (QED) is 0.189. The van der Waals surface area contributed by atoms with Gasteiger partial charge in [0.25, 0.3) is 0 Å². The number of nitriles is 1. The van der Waals surface area contributed by atoms with Crippen molar-refractivity contribution in [2.45, 2.75) is 50.8 Å². The molecule has 4 aromatic heterocycles. The van der Waals surface area contributed by atoms with Crippen LogP contribution in [-0.2, 0) is 21.8 Å². The van der Waals surface area contributed by atoms with Crippen molar-refractivity contribution in [1.82, 2.24) is 29.5 Å². The van der Waals surface area contributed by atoms with Gasteiger partial charge in [-0.3, -0.25) is 9.29 Å². The summed E-state index contributed by atoms with van der Waals surface area (Å²) in [5.74, 6) is 1.07. The number of pyridine rings is 2. The Kier molecular flexibility index (Phi) is 9.24. The fraction of sp³-hybridized carbons (Fsp3) is 0.467. The molecule has 2 aliphatic rings. The Morgan fingerprint density at radius 2 is 1.85 bits per heavy atom. The Morgan fingerprint density at radius 1 is 1.12 bits per heavy atom. The second-order valence-corrected chi connectivity index (χ2v) is 13.6. The Bertz CT molecular complexity index is 1970. The molecule has 6 rings (SSSR count). The molecule has 2 fully saturated rings. The number of rotatable bonds is 10. The molecule has 0 bridgehead atoms. The zero-order chi connectivity index (χ0) is 34.0. The number of nitro groups is 1. The monoisotopic (exact) mass is 677 g/mol. The molecule has 4 aromatic rings. The Balaban J connectivity index is 1.32. The van der Waals surface area contributed by atoms with Gasteiger partial charge in [-0.25, -0.2) is 23.0 Å². The predicted molar refractivity (Wildman–Crippen MR) is 175 cm³/mol. The average molecular weight is 678 g/mol. The van der Waals surface area contributed by atoms with Crippen LogP contribution < -0.4 is 19.3 Å². The number of hydrogen-bond donors (Lipinski definition) is 1. The van der Waals surface area contributed by atoms with Gasteiger partial charge in [-0.15, -0.1) is 0 Å². The molecule has 1 N–H and O–H groups in total. The molecular weight excluding hydrogens is 642 g/mol. The maximum Gasteiger partial charge on any atom is 0.434 e. The Morgan fingerprint density at radius 3 is 2.52 bits per heavy atom. The number of sulfonamides is 1. The molecule has 48 heavy (non-hydrogen) atoms. The molecule has 1 atom stereocenters. The maximum atomic E-state index is 13.2. The maximum absolute atomic E-state index is 13.2. The summed E-state index contributed by atoms with van der Waals surface area (Å²) in [6.45, 7) is 4.06. The van der Waals surface area contributed by atoms with Gasteiger partial charge in [0, 0.05) is 37.6 Å². The van der Waals surface area contributed by atoms with Crippen LogP contribution in [0.2, 0.25) is 0 Å². The minimum Gasteiger partial charge on any atom is -0.474 e. The van der Waals surface area contributed by atoms with Gasteiger partial charge >= 0.3 is 5.95 Å². The molecule has 0 radical (unpaired) electrons. The summed E-state index contributed by atoms with van der Waals surface area (Å²) >= 11 is 0. The molecule has 5 heterocycles. The van der Waals surface area contributed by atoms with Gasteiger partial charge in [0.1, 0.15) is 29.9 Å². The molecule has 17 nitrogen and oxygen atoms in total. The molecule has 1 unspecified atom stereocenters. The van der Waals surface area contributed by atoms with Crippen LogP contribution in [0.3, 0.4) is 0 Å². The molecule has 1 saturated carbocycles. The highest BCUT2D eigenvalue weighted by Crippen LogP contribution is 2.37. The zero-order valence-corrected chi connectivity index (χ0v) is 27.5. The summed E-state index contributed by atoms with van der Waals surface area (Å²) in [5, 5.41) is 24.7. The van der Waals surface area contributed by atoms with Crippen molar-refractivity contribution in [1.29, 1.82) is 5.26 Å². The molecule has 0 amide bonds. The van der Waals surface area contributed by atoms with Crippen LogP contribution in [0.4, 0.5) is 23.3 Å². The number of ether oxygens (including phenoxy) is 2. The number of anilines is 3. The topological polar surface area (TPSA) is 207 Å². The molecule has 18 heteroatoms. The minimum absolute atomic E-state index is 0.0824. The Hall–Kier alpha value is -5.15. The zero-order valence-electron chi connectivity index (χ0n) is 26.7. The largest absolute Gasteiger partial charge is 0.474 e. The van der Waals surface area contributed by atoms with Crippen molar-refractivity contribution in [2.24, 2.45) is 7.05 Å². The molecule has 0 spiro atoms. The van der Waals surface area contributed by atoms with Gasteiger partial charge in [0.2, 0.25) is 15.9 Å². The predicted octanol–water partition coefficient (Wildman–Crippen LogP) is 3.10. The van der Waals surface area contributed by atoms with E-state index in [0.717, 1.165) is 19.1 Å². The lowest BCUT2D eigenvalue weighted by molar-refractivity contribution is -0.396. The first kappa shape index (κ1) is 32.8. The third-order valence-corrected chi connectivity index (χ3v) is 9.85. The second kappa shape index (κ2) is 13.5. The van der Waals surface area contributed by atoms with Crippen LogP contribution >= 0.6 is 0 Å². The van der Waals surface area contributed by atoms with Crippen LogP contribution in [0.15, 0.2) is 36.9 Å². The van der Waals surface area contributed by atoms with E-state index in [4.69, 9.17) is 14.5 Å². The van der Waals surface area contributed by atoms with Crippen LogP contribution in [-0.4, -0.2) is 87.5 Å². The summed E-state index contributed by atoms with van der Waals surface area (Å²) in [6.07, 6.45) is 9.60. The van der Waals surface area contributed by atoms with Crippen molar-refractivity contribution >= 4 is 44.2 Å². The number of nitrogens with zero attached hydrogens (tertiary/aromatic N) is 10.